The Bertz CT molecular complexity index is 2910. The fourth-order valence-corrected chi connectivity index (χ4v) is 7.26. The van der Waals surface area contributed by atoms with E-state index in [1.54, 1.807) is 0 Å². The van der Waals surface area contributed by atoms with Gasteiger partial charge in [0.25, 0.3) is 0 Å². The lowest BCUT2D eigenvalue weighted by Gasteiger charge is -2.10. The van der Waals surface area contributed by atoms with Gasteiger partial charge in [-0.05, 0) is 79.3 Å². The fraction of sp³-hybridized carbons (Fsp3) is 0.0217. The summed E-state index contributed by atoms with van der Waals surface area (Å²) in [4.78, 5) is 15.1. The van der Waals surface area contributed by atoms with Crippen molar-refractivity contribution in [3.63, 3.8) is 0 Å². The second-order valence-corrected chi connectivity index (χ2v) is 12.8. The normalized spacial score (nSPS) is 11.7. The minimum Gasteiger partial charge on any atom is -0.456 e. The minimum atomic E-state index is 0.530. The molecule has 4 heteroatoms. The quantitative estimate of drug-likeness (QED) is 0.176. The van der Waals surface area contributed by atoms with Crippen molar-refractivity contribution in [3.05, 3.63) is 175 Å². The van der Waals surface area contributed by atoms with Crippen LogP contribution >= 0.6 is 0 Å². The van der Waals surface area contributed by atoms with Gasteiger partial charge in [0.1, 0.15) is 17.0 Å². The van der Waals surface area contributed by atoms with Crippen LogP contribution in [-0.2, 0) is 6.42 Å². The summed E-state index contributed by atoms with van der Waals surface area (Å²) in [5, 5.41) is 9.52. The number of hydrogen-bond acceptors (Lipinski definition) is 4. The third kappa shape index (κ3) is 4.89. The summed E-state index contributed by atoms with van der Waals surface area (Å²) in [6.07, 6.45) is 0.530. The second-order valence-electron chi connectivity index (χ2n) is 12.8. The zero-order chi connectivity index (χ0) is 33.0. The zero-order valence-electron chi connectivity index (χ0n) is 27.0. The van der Waals surface area contributed by atoms with Gasteiger partial charge in [-0.1, -0.05) is 133 Å². The van der Waals surface area contributed by atoms with Gasteiger partial charge in [-0.25, -0.2) is 15.0 Å². The lowest BCUT2D eigenvalue weighted by atomic mass is 9.96. The van der Waals surface area contributed by atoms with Crippen molar-refractivity contribution in [3.8, 4) is 33.9 Å². The van der Waals surface area contributed by atoms with Crippen molar-refractivity contribution in [2.45, 2.75) is 6.42 Å². The smallest absolute Gasteiger partial charge is 0.163 e. The predicted octanol–water partition coefficient (Wildman–Crippen LogP) is 11.8. The summed E-state index contributed by atoms with van der Waals surface area (Å²) < 4.78 is 6.41. The largest absolute Gasteiger partial charge is 0.456 e. The summed E-state index contributed by atoms with van der Waals surface area (Å²) in [5.74, 6) is 2.03. The van der Waals surface area contributed by atoms with Gasteiger partial charge in [0.2, 0.25) is 0 Å². The van der Waals surface area contributed by atoms with Crippen LogP contribution in [0.4, 0.5) is 0 Å². The number of rotatable bonds is 5. The number of furan rings is 1. The minimum absolute atomic E-state index is 0.530. The highest BCUT2D eigenvalue weighted by molar-refractivity contribution is 6.10. The molecule has 0 bridgehead atoms. The molecule has 0 N–H and O–H groups in total. The molecule has 0 amide bonds. The van der Waals surface area contributed by atoms with Crippen LogP contribution in [0.15, 0.2) is 168 Å². The molecule has 0 aliphatic heterocycles. The first-order valence-corrected chi connectivity index (χ1v) is 16.9. The van der Waals surface area contributed by atoms with Gasteiger partial charge >= 0.3 is 0 Å². The van der Waals surface area contributed by atoms with Crippen molar-refractivity contribution in [1.29, 1.82) is 0 Å². The van der Waals surface area contributed by atoms with Gasteiger partial charge in [0, 0.05) is 28.3 Å². The van der Waals surface area contributed by atoms with Crippen molar-refractivity contribution < 1.29 is 4.42 Å². The van der Waals surface area contributed by atoms with Crippen LogP contribution in [0.25, 0.3) is 88.2 Å². The van der Waals surface area contributed by atoms with Crippen LogP contribution in [0, 0.1) is 0 Å². The second kappa shape index (κ2) is 11.5. The molecule has 0 unspecified atom stereocenters. The highest BCUT2D eigenvalue weighted by Gasteiger charge is 2.17. The third-order valence-electron chi connectivity index (χ3n) is 9.73. The average molecular weight is 640 g/mol. The molecule has 0 radical (unpaired) electrons. The van der Waals surface area contributed by atoms with E-state index in [1.807, 2.05) is 36.4 Å². The van der Waals surface area contributed by atoms with Gasteiger partial charge in [-0.15, -0.1) is 0 Å². The van der Waals surface area contributed by atoms with E-state index in [1.165, 1.54) is 32.5 Å². The summed E-state index contributed by atoms with van der Waals surface area (Å²) in [6.45, 7) is 0. The van der Waals surface area contributed by atoms with E-state index in [-0.39, 0.29) is 0 Å². The number of hydrogen-bond donors (Lipinski definition) is 0. The molecule has 10 rings (SSSR count). The van der Waals surface area contributed by atoms with E-state index < -0.39 is 0 Å². The zero-order valence-corrected chi connectivity index (χ0v) is 27.0. The SMILES string of the molecule is c1ccc(-c2nc(Cc3cccc4oc5ccc(-c6ccc7c(ccc8ccccc87)c6)cc5c34)nc(-c3ccc4ccccc4c3)n2)cc1. The molecule has 0 spiro atoms. The molecule has 0 aliphatic carbocycles. The third-order valence-corrected chi connectivity index (χ3v) is 9.73. The van der Waals surface area contributed by atoms with Crippen LogP contribution in [0.5, 0.6) is 0 Å². The Morgan fingerprint density at radius 3 is 1.94 bits per heavy atom. The molecule has 2 heterocycles. The maximum Gasteiger partial charge on any atom is 0.163 e. The number of aromatic nitrogens is 3. The van der Waals surface area contributed by atoms with Crippen LogP contribution in [-0.4, -0.2) is 15.0 Å². The Balaban J connectivity index is 1.09. The Labute approximate surface area is 288 Å². The van der Waals surface area contributed by atoms with Gasteiger partial charge in [0.15, 0.2) is 11.6 Å². The van der Waals surface area contributed by atoms with Crippen molar-refractivity contribution in [2.24, 2.45) is 0 Å². The first-order chi connectivity index (χ1) is 24.7. The van der Waals surface area contributed by atoms with Gasteiger partial charge in [0.05, 0.1) is 0 Å². The molecule has 50 heavy (non-hydrogen) atoms. The maximum absolute atomic E-state index is 6.41. The van der Waals surface area contributed by atoms with E-state index in [2.05, 4.69) is 127 Å². The van der Waals surface area contributed by atoms with Crippen LogP contribution in [0.2, 0.25) is 0 Å². The Morgan fingerprint density at radius 2 is 1.04 bits per heavy atom. The molecule has 0 atom stereocenters. The number of benzene rings is 8. The number of nitrogens with zero attached hydrogens (tertiary/aromatic N) is 3. The summed E-state index contributed by atoms with van der Waals surface area (Å²) in [7, 11) is 0. The van der Waals surface area contributed by atoms with E-state index in [0.717, 1.165) is 49.6 Å². The molecule has 10 aromatic rings. The molecule has 8 aromatic carbocycles. The number of fused-ring (bicyclic) bond motifs is 7. The van der Waals surface area contributed by atoms with Gasteiger partial charge in [-0.3, -0.25) is 0 Å². The Morgan fingerprint density at radius 1 is 0.380 bits per heavy atom. The standard InChI is InChI=1S/C46H29N3O/c1-2-11-31(12-3-1)45-47-43(48-46(49-45)37-20-17-29-9-4-5-13-32(29)26-37)28-36-14-8-16-42-44(36)40-27-34(22-24-41(40)50-42)33-21-23-39-35(25-33)19-18-30-10-6-7-15-38(30)39/h1-27H,28H2. The van der Waals surface area contributed by atoms with Gasteiger partial charge < -0.3 is 4.42 Å². The summed E-state index contributed by atoms with van der Waals surface area (Å²) >= 11 is 0. The molecule has 0 saturated carbocycles. The lowest BCUT2D eigenvalue weighted by molar-refractivity contribution is 0.668. The highest BCUT2D eigenvalue weighted by atomic mass is 16.3. The van der Waals surface area contributed by atoms with Crippen LogP contribution < -0.4 is 0 Å². The van der Waals surface area contributed by atoms with E-state index in [4.69, 9.17) is 19.4 Å². The van der Waals surface area contributed by atoms with Crippen molar-refractivity contribution in [2.75, 3.05) is 0 Å². The van der Waals surface area contributed by atoms with Crippen molar-refractivity contribution >= 4 is 54.3 Å². The highest BCUT2D eigenvalue weighted by Crippen LogP contribution is 2.37. The van der Waals surface area contributed by atoms with Gasteiger partial charge in [-0.2, -0.15) is 0 Å². The maximum atomic E-state index is 6.41. The molecule has 2 aromatic heterocycles. The molecular weight excluding hydrogens is 611 g/mol. The first-order valence-electron chi connectivity index (χ1n) is 16.9. The Hall–Kier alpha value is -6.65. The van der Waals surface area contributed by atoms with E-state index in [0.29, 0.717) is 23.9 Å². The first kappa shape index (κ1) is 28.4. The average Bonchev–Trinajstić information content (AvgIpc) is 3.56. The summed E-state index contributed by atoms with van der Waals surface area (Å²) in [5.41, 5.74) is 7.06. The topological polar surface area (TPSA) is 51.8 Å². The van der Waals surface area contributed by atoms with Crippen LogP contribution in [0.3, 0.4) is 0 Å². The van der Waals surface area contributed by atoms with Crippen molar-refractivity contribution in [1.82, 2.24) is 15.0 Å². The molecular formula is C46H29N3O. The molecule has 234 valence electrons. The van der Waals surface area contributed by atoms with E-state index in [9.17, 15) is 0 Å². The lowest BCUT2D eigenvalue weighted by Crippen LogP contribution is -2.04. The van der Waals surface area contributed by atoms with Crippen LogP contribution in [0.1, 0.15) is 11.4 Å². The molecule has 0 fully saturated rings. The predicted molar refractivity (Wildman–Crippen MR) is 205 cm³/mol. The fourth-order valence-electron chi connectivity index (χ4n) is 7.26. The Kier molecular flexibility index (Phi) is 6.53. The molecule has 0 saturated heterocycles. The summed E-state index contributed by atoms with van der Waals surface area (Å²) in [6, 6.07) is 57.4. The molecule has 4 nitrogen and oxygen atoms in total. The molecule has 0 aliphatic rings. The monoisotopic (exact) mass is 639 g/mol. The van der Waals surface area contributed by atoms with E-state index >= 15 is 0 Å².